The Balaban J connectivity index is 3.20. The lowest BCUT2D eigenvalue weighted by molar-refractivity contribution is 0.594. The highest BCUT2D eigenvalue weighted by atomic mass is 32.2. The van der Waals surface area contributed by atoms with Crippen molar-refractivity contribution in [3.8, 4) is 0 Å². The van der Waals surface area contributed by atoms with Crippen LogP contribution >= 0.6 is 0 Å². The van der Waals surface area contributed by atoms with Gasteiger partial charge >= 0.3 is 0 Å². The van der Waals surface area contributed by atoms with Crippen molar-refractivity contribution in [2.75, 3.05) is 23.7 Å². The average molecular weight is 270 g/mol. The summed E-state index contributed by atoms with van der Waals surface area (Å²) in [6.07, 6.45) is 0. The van der Waals surface area contributed by atoms with Gasteiger partial charge in [0.05, 0.1) is 11.4 Å². The van der Waals surface area contributed by atoms with E-state index in [4.69, 9.17) is 5.73 Å². The first-order chi connectivity index (χ1) is 8.29. The van der Waals surface area contributed by atoms with Crippen molar-refractivity contribution in [2.24, 2.45) is 5.73 Å². The van der Waals surface area contributed by atoms with Crippen LogP contribution in [-0.2, 0) is 10.0 Å². The van der Waals surface area contributed by atoms with Crippen LogP contribution in [0.4, 0.5) is 5.69 Å². The zero-order valence-corrected chi connectivity index (χ0v) is 12.3. The van der Waals surface area contributed by atoms with Crippen LogP contribution in [0.25, 0.3) is 0 Å². The van der Waals surface area contributed by atoms with E-state index in [0.29, 0.717) is 5.92 Å². The third-order valence-corrected chi connectivity index (χ3v) is 4.81. The van der Waals surface area contributed by atoms with Crippen molar-refractivity contribution >= 4 is 15.7 Å². The molecule has 0 spiro atoms. The second-order valence-electron chi connectivity index (χ2n) is 4.77. The number of aryl methyl sites for hydroxylation is 1. The normalized spacial score (nSPS) is 11.9. The number of anilines is 1. The monoisotopic (exact) mass is 270 g/mol. The van der Waals surface area contributed by atoms with E-state index in [0.717, 1.165) is 16.8 Å². The summed E-state index contributed by atoms with van der Waals surface area (Å²) in [6, 6.07) is 5.93. The molecule has 4 nitrogen and oxygen atoms in total. The standard InChI is InChI=1S/C13H22N2O2S/c1-10(2)12-6-5-11(3)13(9-12)15(4)18(16,17)8-7-14/h5-6,9-10H,7-8,14H2,1-4H3. The van der Waals surface area contributed by atoms with Gasteiger partial charge in [0.2, 0.25) is 10.0 Å². The van der Waals surface area contributed by atoms with Gasteiger partial charge in [0.15, 0.2) is 0 Å². The molecule has 0 saturated heterocycles. The van der Waals surface area contributed by atoms with Gasteiger partial charge in [-0.15, -0.1) is 0 Å². The molecule has 0 aliphatic rings. The molecule has 0 aromatic heterocycles. The molecule has 102 valence electrons. The van der Waals surface area contributed by atoms with Crippen LogP contribution in [0.15, 0.2) is 18.2 Å². The van der Waals surface area contributed by atoms with Gasteiger partial charge in [-0.2, -0.15) is 0 Å². The lowest BCUT2D eigenvalue weighted by atomic mass is 10.0. The van der Waals surface area contributed by atoms with Gasteiger partial charge in [-0.3, -0.25) is 4.31 Å². The summed E-state index contributed by atoms with van der Waals surface area (Å²) in [6.45, 7) is 6.22. The lowest BCUT2D eigenvalue weighted by Crippen LogP contribution is -2.32. The van der Waals surface area contributed by atoms with Crippen molar-refractivity contribution in [1.82, 2.24) is 0 Å². The molecular weight excluding hydrogens is 248 g/mol. The number of sulfonamides is 1. The lowest BCUT2D eigenvalue weighted by Gasteiger charge is -2.22. The van der Waals surface area contributed by atoms with Crippen molar-refractivity contribution < 1.29 is 8.42 Å². The number of benzene rings is 1. The molecular formula is C13H22N2O2S. The minimum atomic E-state index is -3.32. The molecule has 1 aromatic rings. The number of nitrogens with zero attached hydrogens (tertiary/aromatic N) is 1. The van der Waals surface area contributed by atoms with Crippen molar-refractivity contribution in [1.29, 1.82) is 0 Å². The van der Waals surface area contributed by atoms with Gasteiger partial charge in [0.25, 0.3) is 0 Å². The molecule has 1 rings (SSSR count). The predicted molar refractivity (Wildman–Crippen MR) is 76.5 cm³/mol. The number of nitrogens with two attached hydrogens (primary N) is 1. The fourth-order valence-electron chi connectivity index (χ4n) is 1.76. The van der Waals surface area contributed by atoms with E-state index in [2.05, 4.69) is 13.8 Å². The van der Waals surface area contributed by atoms with E-state index in [-0.39, 0.29) is 12.3 Å². The van der Waals surface area contributed by atoms with Gasteiger partial charge in [0.1, 0.15) is 0 Å². The molecule has 0 fully saturated rings. The Morgan fingerprint density at radius 1 is 1.33 bits per heavy atom. The van der Waals surface area contributed by atoms with Crippen LogP contribution < -0.4 is 10.0 Å². The summed E-state index contributed by atoms with van der Waals surface area (Å²) >= 11 is 0. The summed E-state index contributed by atoms with van der Waals surface area (Å²) in [4.78, 5) is 0. The second-order valence-corrected chi connectivity index (χ2v) is 6.89. The first-order valence-electron chi connectivity index (χ1n) is 6.07. The number of hydrogen-bond donors (Lipinski definition) is 1. The molecule has 0 unspecified atom stereocenters. The fraction of sp³-hybridized carbons (Fsp3) is 0.538. The number of hydrogen-bond acceptors (Lipinski definition) is 3. The van der Waals surface area contributed by atoms with E-state index in [1.807, 2.05) is 25.1 Å². The SMILES string of the molecule is Cc1ccc(C(C)C)cc1N(C)S(=O)(=O)CCN. The molecule has 18 heavy (non-hydrogen) atoms. The molecule has 0 bridgehead atoms. The van der Waals surface area contributed by atoms with E-state index >= 15 is 0 Å². The van der Waals surface area contributed by atoms with Crippen LogP contribution in [0.3, 0.4) is 0 Å². The summed E-state index contributed by atoms with van der Waals surface area (Å²) in [7, 11) is -1.74. The van der Waals surface area contributed by atoms with Crippen molar-refractivity contribution in [3.05, 3.63) is 29.3 Å². The topological polar surface area (TPSA) is 63.4 Å². The fourth-order valence-corrected chi connectivity index (χ4v) is 2.83. The van der Waals surface area contributed by atoms with Crippen LogP contribution in [0.5, 0.6) is 0 Å². The molecule has 2 N–H and O–H groups in total. The Morgan fingerprint density at radius 2 is 1.94 bits per heavy atom. The molecule has 0 amide bonds. The molecule has 0 aliphatic carbocycles. The van der Waals surface area contributed by atoms with Gasteiger partial charge in [0, 0.05) is 13.6 Å². The zero-order valence-electron chi connectivity index (χ0n) is 11.5. The van der Waals surface area contributed by atoms with Crippen LogP contribution in [0, 0.1) is 6.92 Å². The van der Waals surface area contributed by atoms with E-state index in [1.165, 1.54) is 4.31 Å². The largest absolute Gasteiger partial charge is 0.329 e. The first-order valence-corrected chi connectivity index (χ1v) is 7.67. The molecule has 0 atom stereocenters. The van der Waals surface area contributed by atoms with E-state index in [1.54, 1.807) is 7.05 Å². The third-order valence-electron chi connectivity index (χ3n) is 3.03. The Hall–Kier alpha value is -1.07. The Morgan fingerprint density at radius 3 is 2.44 bits per heavy atom. The minimum Gasteiger partial charge on any atom is -0.329 e. The summed E-state index contributed by atoms with van der Waals surface area (Å²) < 4.78 is 25.4. The van der Waals surface area contributed by atoms with Crippen molar-refractivity contribution in [3.63, 3.8) is 0 Å². The van der Waals surface area contributed by atoms with Gasteiger partial charge in [-0.1, -0.05) is 26.0 Å². The quantitative estimate of drug-likeness (QED) is 0.888. The van der Waals surface area contributed by atoms with Gasteiger partial charge in [-0.25, -0.2) is 8.42 Å². The Labute approximate surface area is 110 Å². The Kier molecular flexibility index (Phi) is 4.76. The predicted octanol–water partition coefficient (Wildman–Crippen LogP) is 1.84. The highest BCUT2D eigenvalue weighted by Gasteiger charge is 2.19. The second kappa shape index (κ2) is 5.71. The minimum absolute atomic E-state index is 0.0329. The smallest absolute Gasteiger partial charge is 0.236 e. The van der Waals surface area contributed by atoms with Gasteiger partial charge in [-0.05, 0) is 30.0 Å². The molecule has 5 heteroatoms. The summed E-state index contributed by atoms with van der Waals surface area (Å²) in [5, 5.41) is 0. The zero-order chi connectivity index (χ0) is 13.9. The van der Waals surface area contributed by atoms with E-state index in [9.17, 15) is 8.42 Å². The maximum Gasteiger partial charge on any atom is 0.236 e. The van der Waals surface area contributed by atoms with Crippen LogP contribution in [-0.4, -0.2) is 27.8 Å². The van der Waals surface area contributed by atoms with Crippen LogP contribution in [0.2, 0.25) is 0 Å². The average Bonchev–Trinajstić information content (AvgIpc) is 2.28. The first kappa shape index (κ1) is 15.0. The third kappa shape index (κ3) is 3.23. The van der Waals surface area contributed by atoms with Gasteiger partial charge < -0.3 is 5.73 Å². The molecule has 0 radical (unpaired) electrons. The molecule has 0 aliphatic heterocycles. The summed E-state index contributed by atoms with van der Waals surface area (Å²) in [5.74, 6) is 0.337. The Bertz CT molecular complexity index is 510. The van der Waals surface area contributed by atoms with E-state index < -0.39 is 10.0 Å². The highest BCUT2D eigenvalue weighted by molar-refractivity contribution is 7.92. The summed E-state index contributed by atoms with van der Waals surface area (Å²) in [5.41, 5.74) is 8.15. The molecule has 1 aromatic carbocycles. The van der Waals surface area contributed by atoms with Crippen molar-refractivity contribution in [2.45, 2.75) is 26.7 Å². The molecule has 0 saturated carbocycles. The highest BCUT2D eigenvalue weighted by Crippen LogP contribution is 2.26. The maximum absolute atomic E-state index is 12.0. The van der Waals surface area contributed by atoms with Crippen LogP contribution in [0.1, 0.15) is 30.9 Å². The molecule has 0 heterocycles. The maximum atomic E-state index is 12.0. The number of rotatable bonds is 5.